The van der Waals surface area contributed by atoms with Crippen molar-refractivity contribution < 1.29 is 49.6 Å². The van der Waals surface area contributed by atoms with Crippen molar-refractivity contribution in [1.82, 2.24) is 0 Å². The van der Waals surface area contributed by atoms with Crippen molar-refractivity contribution in [3.63, 3.8) is 0 Å². The first-order valence-electron chi connectivity index (χ1n) is 17.8. The SMILES string of the molecule is CC(C)C(O)C(O)CO.CC(C)CC(O)C(C)C.CC(O)C(O)C(C)(C)C(C)C.CCC(O)C(F)(F)C(C)C.CCC(O)CC(C)C. The fraction of sp³-hybridized carbons (Fsp3) is 1.00. The number of aliphatic hydroxyl groups is 8. The van der Waals surface area contributed by atoms with Crippen molar-refractivity contribution in [2.24, 2.45) is 40.9 Å². The van der Waals surface area contributed by atoms with Crippen LogP contribution in [0.3, 0.4) is 0 Å². The Morgan fingerprint density at radius 2 is 0.957 bits per heavy atom. The van der Waals surface area contributed by atoms with Crippen LogP contribution >= 0.6 is 0 Å². The zero-order valence-electron chi connectivity index (χ0n) is 33.4. The molecule has 0 bridgehead atoms. The lowest BCUT2D eigenvalue weighted by atomic mass is 9.74. The lowest BCUT2D eigenvalue weighted by Crippen LogP contribution is -2.41. The molecule has 0 aliphatic carbocycles. The highest BCUT2D eigenvalue weighted by Crippen LogP contribution is 2.31. The van der Waals surface area contributed by atoms with Gasteiger partial charge in [0, 0.05) is 5.92 Å². The number of hydrogen-bond donors (Lipinski definition) is 8. The van der Waals surface area contributed by atoms with E-state index in [-0.39, 0.29) is 36.6 Å². The standard InChI is InChI=1S/C9H20O2.C8H18O.C7H14F2O.C7H16O.C6H14O3/c1-6(2)9(4,5)8(11)7(3)10;1-6(2)5-8(9)7(3)4;1-4-6(10)7(8,9)5(2)3;1-4-7(8)5-6(2)3;1-4(2)6(9)5(8)3-7/h6-8,10-11H,1-5H3;6-9H,5H2,1-4H3;5-6,10H,4H2,1-3H3;6-8H,4-5H2,1-3H3;4-9H,3H2,1-2H3. The largest absolute Gasteiger partial charge is 0.394 e. The maximum Gasteiger partial charge on any atom is 0.275 e. The van der Waals surface area contributed by atoms with Gasteiger partial charge in [-0.05, 0) is 67.6 Å². The van der Waals surface area contributed by atoms with Gasteiger partial charge in [0.15, 0.2) is 0 Å². The van der Waals surface area contributed by atoms with Crippen LogP contribution in [0.15, 0.2) is 0 Å². The van der Waals surface area contributed by atoms with Crippen LogP contribution in [0.2, 0.25) is 0 Å². The highest BCUT2D eigenvalue weighted by Gasteiger charge is 2.40. The van der Waals surface area contributed by atoms with Crippen LogP contribution in [0.1, 0.15) is 143 Å². The molecule has 8 N–H and O–H groups in total. The topological polar surface area (TPSA) is 162 Å². The second-order valence-corrected chi connectivity index (χ2v) is 15.5. The number of halogens is 2. The molecule has 0 aromatic carbocycles. The maximum absolute atomic E-state index is 12.7. The predicted octanol–water partition coefficient (Wildman–Crippen LogP) is 6.67. The van der Waals surface area contributed by atoms with Gasteiger partial charge in [-0.2, -0.15) is 0 Å². The third kappa shape index (κ3) is 30.1. The van der Waals surface area contributed by atoms with E-state index in [1.54, 1.807) is 27.7 Å². The van der Waals surface area contributed by atoms with E-state index in [2.05, 4.69) is 27.7 Å². The van der Waals surface area contributed by atoms with Crippen molar-refractivity contribution >= 4 is 0 Å². The van der Waals surface area contributed by atoms with E-state index in [1.165, 1.54) is 13.8 Å². The first-order chi connectivity index (χ1) is 21.0. The normalized spacial score (nSPS) is 16.5. The minimum absolute atomic E-state index is 0.00727. The van der Waals surface area contributed by atoms with Crippen LogP contribution in [0.5, 0.6) is 0 Å². The van der Waals surface area contributed by atoms with Gasteiger partial charge >= 0.3 is 0 Å². The number of hydrogen-bond acceptors (Lipinski definition) is 8. The fourth-order valence-electron chi connectivity index (χ4n) is 3.64. The molecular formula is C37H82F2O8. The van der Waals surface area contributed by atoms with Crippen LogP contribution in [-0.4, -0.2) is 96.1 Å². The molecule has 0 heterocycles. The average molecular weight is 693 g/mol. The van der Waals surface area contributed by atoms with Crippen LogP contribution in [-0.2, 0) is 0 Å². The predicted molar refractivity (Wildman–Crippen MR) is 192 cm³/mol. The van der Waals surface area contributed by atoms with E-state index >= 15 is 0 Å². The lowest BCUT2D eigenvalue weighted by molar-refractivity contribution is -0.139. The molecule has 0 aliphatic rings. The van der Waals surface area contributed by atoms with Crippen molar-refractivity contribution in [1.29, 1.82) is 0 Å². The van der Waals surface area contributed by atoms with E-state index in [9.17, 15) is 19.0 Å². The number of rotatable bonds is 15. The quantitative estimate of drug-likeness (QED) is 0.0944. The molecule has 0 amide bonds. The van der Waals surface area contributed by atoms with Crippen molar-refractivity contribution in [2.75, 3.05) is 6.61 Å². The Hall–Kier alpha value is -0.460. The van der Waals surface area contributed by atoms with Crippen LogP contribution < -0.4 is 0 Å². The molecule has 0 aromatic heterocycles. The molecule has 47 heavy (non-hydrogen) atoms. The van der Waals surface area contributed by atoms with E-state index < -0.39 is 42.4 Å². The third-order valence-corrected chi connectivity index (χ3v) is 8.27. The summed E-state index contributed by atoms with van der Waals surface area (Å²) in [6.07, 6.45) is -1.90. The Bertz CT molecular complexity index is 671. The fourth-order valence-corrected chi connectivity index (χ4v) is 3.64. The molecule has 0 saturated heterocycles. The van der Waals surface area contributed by atoms with E-state index in [4.69, 9.17) is 30.6 Å². The molecule has 0 saturated carbocycles. The van der Waals surface area contributed by atoms with E-state index in [1.807, 2.05) is 48.5 Å². The molecule has 0 spiro atoms. The molecule has 10 heteroatoms. The van der Waals surface area contributed by atoms with Gasteiger partial charge in [-0.1, -0.05) is 111 Å². The molecule has 0 fully saturated rings. The second kappa shape index (κ2) is 29.3. The summed E-state index contributed by atoms with van der Waals surface area (Å²) in [4.78, 5) is 0. The summed E-state index contributed by atoms with van der Waals surface area (Å²) in [5, 5.41) is 72.0. The summed E-state index contributed by atoms with van der Waals surface area (Å²) < 4.78 is 25.4. The minimum atomic E-state index is -2.94. The summed E-state index contributed by atoms with van der Waals surface area (Å²) in [5.74, 6) is -1.71. The van der Waals surface area contributed by atoms with Gasteiger partial charge in [0.1, 0.15) is 12.2 Å². The zero-order valence-corrected chi connectivity index (χ0v) is 33.4. The highest BCUT2D eigenvalue weighted by molar-refractivity contribution is 4.83. The second-order valence-electron chi connectivity index (χ2n) is 15.5. The van der Waals surface area contributed by atoms with E-state index in [0.29, 0.717) is 23.7 Å². The third-order valence-electron chi connectivity index (χ3n) is 8.27. The molecule has 0 rings (SSSR count). The smallest absolute Gasteiger partial charge is 0.275 e. The Labute approximate surface area is 289 Å². The monoisotopic (exact) mass is 693 g/mol. The number of aliphatic hydroxyl groups excluding tert-OH is 8. The summed E-state index contributed by atoms with van der Waals surface area (Å²) >= 11 is 0. The van der Waals surface area contributed by atoms with Gasteiger partial charge in [0.25, 0.3) is 5.92 Å². The average Bonchev–Trinajstić information content (AvgIpc) is 2.95. The van der Waals surface area contributed by atoms with Gasteiger partial charge in [0.05, 0.1) is 37.1 Å². The van der Waals surface area contributed by atoms with Crippen LogP contribution in [0.4, 0.5) is 8.78 Å². The van der Waals surface area contributed by atoms with Gasteiger partial charge in [-0.15, -0.1) is 0 Å². The summed E-state index contributed by atoms with van der Waals surface area (Å²) in [5.41, 5.74) is -0.214. The highest BCUT2D eigenvalue weighted by atomic mass is 19.3. The Morgan fingerprint density at radius 3 is 1.06 bits per heavy atom. The molecule has 7 atom stereocenters. The lowest BCUT2D eigenvalue weighted by Gasteiger charge is -2.36. The van der Waals surface area contributed by atoms with Crippen LogP contribution in [0.25, 0.3) is 0 Å². The Balaban J connectivity index is -0.000000157. The molecule has 8 nitrogen and oxygen atoms in total. The Morgan fingerprint density at radius 1 is 0.553 bits per heavy atom. The molecule has 0 radical (unpaired) electrons. The van der Waals surface area contributed by atoms with Gasteiger partial charge in [-0.3, -0.25) is 0 Å². The van der Waals surface area contributed by atoms with Crippen molar-refractivity contribution in [3.05, 3.63) is 0 Å². The van der Waals surface area contributed by atoms with Gasteiger partial charge in [0.2, 0.25) is 0 Å². The summed E-state index contributed by atoms with van der Waals surface area (Å²) in [6.45, 7) is 31.8. The Kier molecular flexibility index (Phi) is 34.9. The molecule has 7 unspecified atom stereocenters. The maximum atomic E-state index is 12.7. The molecule has 292 valence electrons. The zero-order chi connectivity index (χ0) is 39.0. The van der Waals surface area contributed by atoms with Gasteiger partial charge < -0.3 is 40.9 Å². The molecule has 0 aliphatic heterocycles. The summed E-state index contributed by atoms with van der Waals surface area (Å²) in [7, 11) is 0. The van der Waals surface area contributed by atoms with Crippen molar-refractivity contribution in [2.45, 2.75) is 192 Å². The molecule has 0 aromatic rings. The molecular weight excluding hydrogens is 610 g/mol. The summed E-state index contributed by atoms with van der Waals surface area (Å²) in [6, 6.07) is 0. The first-order valence-corrected chi connectivity index (χ1v) is 17.8. The van der Waals surface area contributed by atoms with Crippen molar-refractivity contribution in [3.8, 4) is 0 Å². The number of alkyl halides is 2. The first kappa shape index (κ1) is 55.9. The van der Waals surface area contributed by atoms with E-state index in [0.717, 1.165) is 19.3 Å². The van der Waals surface area contributed by atoms with Crippen LogP contribution in [0, 0.1) is 40.9 Å². The van der Waals surface area contributed by atoms with Gasteiger partial charge in [-0.25, -0.2) is 8.78 Å². The minimum Gasteiger partial charge on any atom is -0.394 e.